The van der Waals surface area contributed by atoms with E-state index in [1.54, 1.807) is 0 Å². The highest BCUT2D eigenvalue weighted by molar-refractivity contribution is 6.14. The zero-order valence-electron chi connectivity index (χ0n) is 27.3. The molecule has 2 nitrogen and oxygen atoms in total. The second-order valence-electron chi connectivity index (χ2n) is 12.9. The molecule has 1 aromatic heterocycles. The van der Waals surface area contributed by atoms with Gasteiger partial charge in [-0.15, -0.1) is 0 Å². The van der Waals surface area contributed by atoms with Gasteiger partial charge in [0.2, 0.25) is 0 Å². The molecular formula is C48H31NO. The lowest BCUT2D eigenvalue weighted by Gasteiger charge is -2.26. The fourth-order valence-corrected chi connectivity index (χ4v) is 7.65. The molecule has 0 spiro atoms. The van der Waals surface area contributed by atoms with E-state index < -0.39 is 0 Å². The number of nitrogens with zero attached hydrogens (tertiary/aromatic N) is 1. The molecule has 2 heteroatoms. The van der Waals surface area contributed by atoms with Crippen LogP contribution in [0.4, 0.5) is 17.1 Å². The minimum absolute atomic E-state index is 0.920. The molecule has 0 fully saturated rings. The van der Waals surface area contributed by atoms with Gasteiger partial charge in [0.05, 0.1) is 0 Å². The van der Waals surface area contributed by atoms with Crippen molar-refractivity contribution in [2.75, 3.05) is 4.90 Å². The molecule has 50 heavy (non-hydrogen) atoms. The maximum absolute atomic E-state index is 6.20. The summed E-state index contributed by atoms with van der Waals surface area (Å²) in [6, 6.07) is 67.5. The summed E-state index contributed by atoms with van der Waals surface area (Å²) < 4.78 is 6.20. The van der Waals surface area contributed by atoms with Crippen LogP contribution in [0.5, 0.6) is 0 Å². The van der Waals surface area contributed by atoms with E-state index in [-0.39, 0.29) is 0 Å². The number of furan rings is 1. The Balaban J connectivity index is 1.05. The lowest BCUT2D eigenvalue weighted by molar-refractivity contribution is 0.669. The largest absolute Gasteiger partial charge is 0.456 e. The van der Waals surface area contributed by atoms with Gasteiger partial charge in [-0.2, -0.15) is 0 Å². The second-order valence-corrected chi connectivity index (χ2v) is 12.9. The number of hydrogen-bond acceptors (Lipinski definition) is 2. The zero-order valence-corrected chi connectivity index (χ0v) is 27.3. The van der Waals surface area contributed by atoms with E-state index >= 15 is 0 Å². The number of anilines is 3. The van der Waals surface area contributed by atoms with Gasteiger partial charge in [0.25, 0.3) is 0 Å². The van der Waals surface area contributed by atoms with E-state index in [0.29, 0.717) is 0 Å². The third kappa shape index (κ3) is 4.65. The quantitative estimate of drug-likeness (QED) is 0.175. The molecule has 10 rings (SSSR count). The van der Waals surface area contributed by atoms with Crippen molar-refractivity contribution < 1.29 is 4.42 Å². The second kappa shape index (κ2) is 11.5. The Morgan fingerprint density at radius 3 is 1.62 bits per heavy atom. The minimum atomic E-state index is 0.920. The van der Waals surface area contributed by atoms with Gasteiger partial charge >= 0.3 is 0 Å². The molecular weight excluding hydrogens is 607 g/mol. The summed E-state index contributed by atoms with van der Waals surface area (Å²) in [5.74, 6) is 0. The molecule has 0 saturated carbocycles. The average Bonchev–Trinajstić information content (AvgIpc) is 3.55. The maximum Gasteiger partial charge on any atom is 0.136 e. The van der Waals surface area contributed by atoms with E-state index in [9.17, 15) is 0 Å². The van der Waals surface area contributed by atoms with E-state index in [1.807, 2.05) is 12.1 Å². The smallest absolute Gasteiger partial charge is 0.136 e. The van der Waals surface area contributed by atoms with Crippen LogP contribution in [0, 0.1) is 0 Å². The fourth-order valence-electron chi connectivity index (χ4n) is 7.65. The standard InChI is InChI=1S/C48H31NO/c1-2-13-36(14-3-1)49(38-27-23-33(24-28-38)44-29-34-11-4-5-15-40(34)41-16-6-7-17-42(41)44)37-25-21-32(22-26-37)39-19-10-12-35-30-48-46(31-45(35)39)43-18-8-9-20-47(43)50-48/h1-31H. The van der Waals surface area contributed by atoms with Crippen LogP contribution in [0.3, 0.4) is 0 Å². The van der Waals surface area contributed by atoms with Gasteiger partial charge in [0.1, 0.15) is 11.2 Å². The Bertz CT molecular complexity index is 2850. The fraction of sp³-hybridized carbons (Fsp3) is 0. The lowest BCUT2D eigenvalue weighted by Crippen LogP contribution is -2.09. The van der Waals surface area contributed by atoms with Gasteiger partial charge in [0, 0.05) is 27.8 Å². The molecule has 0 atom stereocenters. The summed E-state index contributed by atoms with van der Waals surface area (Å²) in [6.45, 7) is 0. The van der Waals surface area contributed by atoms with Crippen molar-refractivity contribution in [3.63, 3.8) is 0 Å². The van der Waals surface area contributed by atoms with Gasteiger partial charge in [-0.05, 0) is 115 Å². The summed E-state index contributed by atoms with van der Waals surface area (Å²) in [7, 11) is 0. The molecule has 0 radical (unpaired) electrons. The third-order valence-electron chi connectivity index (χ3n) is 10.0. The van der Waals surface area contributed by atoms with Crippen LogP contribution >= 0.6 is 0 Å². The van der Waals surface area contributed by atoms with Crippen LogP contribution in [-0.2, 0) is 0 Å². The summed E-state index contributed by atoms with van der Waals surface area (Å²) in [4.78, 5) is 2.33. The summed E-state index contributed by atoms with van der Waals surface area (Å²) in [6.07, 6.45) is 0. The van der Waals surface area contributed by atoms with E-state index in [2.05, 4.69) is 181 Å². The number of rotatable bonds is 5. The molecule has 0 unspecified atom stereocenters. The predicted molar refractivity (Wildman–Crippen MR) is 212 cm³/mol. The van der Waals surface area contributed by atoms with Crippen molar-refractivity contribution >= 4 is 71.3 Å². The molecule has 9 aromatic carbocycles. The van der Waals surface area contributed by atoms with Gasteiger partial charge in [-0.25, -0.2) is 0 Å². The monoisotopic (exact) mass is 637 g/mol. The van der Waals surface area contributed by atoms with Crippen molar-refractivity contribution in [3.05, 3.63) is 188 Å². The highest BCUT2D eigenvalue weighted by Gasteiger charge is 2.16. The van der Waals surface area contributed by atoms with Gasteiger partial charge < -0.3 is 9.32 Å². The molecule has 0 aliphatic carbocycles. The van der Waals surface area contributed by atoms with Crippen LogP contribution in [0.15, 0.2) is 192 Å². The first-order valence-electron chi connectivity index (χ1n) is 17.1. The van der Waals surface area contributed by atoms with Crippen molar-refractivity contribution in [2.24, 2.45) is 0 Å². The summed E-state index contributed by atoms with van der Waals surface area (Å²) in [5.41, 5.74) is 10.0. The summed E-state index contributed by atoms with van der Waals surface area (Å²) >= 11 is 0. The van der Waals surface area contributed by atoms with Crippen molar-refractivity contribution in [3.8, 4) is 22.3 Å². The zero-order chi connectivity index (χ0) is 33.0. The van der Waals surface area contributed by atoms with Gasteiger partial charge in [-0.1, -0.05) is 127 Å². The summed E-state index contributed by atoms with van der Waals surface area (Å²) in [5, 5.41) is 9.77. The van der Waals surface area contributed by atoms with Crippen LogP contribution in [0.25, 0.3) is 76.5 Å². The first-order valence-corrected chi connectivity index (χ1v) is 17.1. The first kappa shape index (κ1) is 28.4. The molecule has 0 bridgehead atoms. The number of benzene rings is 9. The number of para-hydroxylation sites is 2. The van der Waals surface area contributed by atoms with E-state index in [0.717, 1.165) is 39.0 Å². The molecule has 0 amide bonds. The Kier molecular flexibility index (Phi) is 6.53. The molecule has 1 heterocycles. The maximum atomic E-state index is 6.20. The number of fused-ring (bicyclic) bond motifs is 7. The van der Waals surface area contributed by atoms with Gasteiger partial charge in [-0.3, -0.25) is 0 Å². The van der Waals surface area contributed by atoms with Crippen molar-refractivity contribution in [1.29, 1.82) is 0 Å². The SMILES string of the molecule is c1ccc(N(c2ccc(-c3cccc4cc5oc6ccccc6c5cc34)cc2)c2ccc(-c3cc4ccccc4c4ccccc34)cc2)cc1. The lowest BCUT2D eigenvalue weighted by atomic mass is 9.93. The highest BCUT2D eigenvalue weighted by Crippen LogP contribution is 2.41. The Labute approximate surface area is 290 Å². The topological polar surface area (TPSA) is 16.4 Å². The Morgan fingerprint density at radius 1 is 0.300 bits per heavy atom. The van der Waals surface area contributed by atoms with Crippen LogP contribution in [0.2, 0.25) is 0 Å². The first-order chi connectivity index (χ1) is 24.8. The van der Waals surface area contributed by atoms with Gasteiger partial charge in [0.15, 0.2) is 0 Å². The molecule has 234 valence electrons. The third-order valence-corrected chi connectivity index (χ3v) is 10.0. The molecule has 0 aliphatic rings. The molecule has 0 N–H and O–H groups in total. The molecule has 0 saturated heterocycles. The highest BCUT2D eigenvalue weighted by atomic mass is 16.3. The van der Waals surface area contributed by atoms with Crippen molar-refractivity contribution in [2.45, 2.75) is 0 Å². The van der Waals surface area contributed by atoms with Crippen LogP contribution < -0.4 is 4.90 Å². The Morgan fingerprint density at radius 2 is 0.860 bits per heavy atom. The van der Waals surface area contributed by atoms with Crippen LogP contribution in [0.1, 0.15) is 0 Å². The van der Waals surface area contributed by atoms with E-state index in [1.165, 1.54) is 54.6 Å². The average molecular weight is 638 g/mol. The minimum Gasteiger partial charge on any atom is -0.456 e. The van der Waals surface area contributed by atoms with Crippen LogP contribution in [-0.4, -0.2) is 0 Å². The predicted octanol–water partition coefficient (Wildman–Crippen LogP) is 13.8. The Hall–Kier alpha value is -6.64. The molecule has 0 aliphatic heterocycles. The molecule has 10 aromatic rings. The number of hydrogen-bond donors (Lipinski definition) is 0. The van der Waals surface area contributed by atoms with E-state index in [4.69, 9.17) is 4.42 Å². The normalized spacial score (nSPS) is 11.6. The van der Waals surface area contributed by atoms with Crippen molar-refractivity contribution in [1.82, 2.24) is 0 Å².